The molecule has 0 aliphatic carbocycles. The average Bonchev–Trinajstić information content (AvgIpc) is 2.74. The normalized spacial score (nSPS) is 13.9. The van der Waals surface area contributed by atoms with Crippen LogP contribution < -0.4 is 11.1 Å². The molecule has 1 aromatic carbocycles. The molecular formula is C15H20N4O. The summed E-state index contributed by atoms with van der Waals surface area (Å²) in [6.07, 6.45) is 0. The Morgan fingerprint density at radius 1 is 1.35 bits per heavy atom. The summed E-state index contributed by atoms with van der Waals surface area (Å²) in [6.45, 7) is 4.26. The van der Waals surface area contributed by atoms with Crippen molar-refractivity contribution in [3.63, 3.8) is 0 Å². The molecule has 0 aliphatic rings. The number of aryl methyl sites for hydroxylation is 2. The molecule has 0 spiro atoms. The number of hydrogen-bond acceptors (Lipinski definition) is 3. The first kappa shape index (κ1) is 14.3. The molecule has 1 unspecified atom stereocenters. The molecule has 1 atom stereocenters. The van der Waals surface area contributed by atoms with Crippen LogP contribution in [0.25, 0.3) is 0 Å². The van der Waals surface area contributed by atoms with Crippen LogP contribution in [0.3, 0.4) is 0 Å². The first-order valence-corrected chi connectivity index (χ1v) is 6.55. The fourth-order valence-electron chi connectivity index (χ4n) is 2.44. The molecule has 0 saturated carbocycles. The van der Waals surface area contributed by atoms with E-state index < -0.39 is 11.4 Å². The zero-order valence-corrected chi connectivity index (χ0v) is 12.1. The minimum absolute atomic E-state index is 0.364. The van der Waals surface area contributed by atoms with Gasteiger partial charge in [-0.05, 0) is 32.5 Å². The topological polar surface area (TPSA) is 72.9 Å². The van der Waals surface area contributed by atoms with Gasteiger partial charge in [0.05, 0.1) is 12.2 Å². The summed E-state index contributed by atoms with van der Waals surface area (Å²) in [5.41, 5.74) is 7.47. The minimum atomic E-state index is -0.968. The SMILES string of the molecule is CNC(Cn1nc(C)cc1C)(C(N)=O)c1ccccc1. The largest absolute Gasteiger partial charge is 0.368 e. The van der Waals surface area contributed by atoms with Crippen LogP contribution in [0.5, 0.6) is 0 Å². The maximum atomic E-state index is 12.1. The Morgan fingerprint density at radius 3 is 2.45 bits per heavy atom. The first-order chi connectivity index (χ1) is 9.49. The fraction of sp³-hybridized carbons (Fsp3) is 0.333. The third-order valence-corrected chi connectivity index (χ3v) is 3.60. The number of carbonyl (C=O) groups excluding carboxylic acids is 1. The van der Waals surface area contributed by atoms with Crippen LogP contribution in [0.15, 0.2) is 36.4 Å². The number of rotatable bonds is 5. The average molecular weight is 272 g/mol. The van der Waals surface area contributed by atoms with E-state index in [1.807, 2.05) is 54.9 Å². The zero-order chi connectivity index (χ0) is 14.8. The van der Waals surface area contributed by atoms with E-state index in [-0.39, 0.29) is 0 Å². The van der Waals surface area contributed by atoms with E-state index in [2.05, 4.69) is 10.4 Å². The van der Waals surface area contributed by atoms with Gasteiger partial charge in [0.15, 0.2) is 0 Å². The standard InChI is InChI=1S/C15H20N4O/c1-11-9-12(2)19(18-11)10-15(17-3,14(16)20)13-7-5-4-6-8-13/h4-9,17H,10H2,1-3H3,(H2,16,20). The lowest BCUT2D eigenvalue weighted by Crippen LogP contribution is -2.54. The van der Waals surface area contributed by atoms with Crippen molar-refractivity contribution in [1.29, 1.82) is 0 Å². The Bertz CT molecular complexity index is 606. The third-order valence-electron chi connectivity index (χ3n) is 3.60. The predicted molar refractivity (Wildman–Crippen MR) is 78.1 cm³/mol. The highest BCUT2D eigenvalue weighted by molar-refractivity contribution is 5.86. The van der Waals surface area contributed by atoms with Gasteiger partial charge < -0.3 is 11.1 Å². The summed E-state index contributed by atoms with van der Waals surface area (Å²) in [4.78, 5) is 12.1. The molecule has 0 fully saturated rings. The summed E-state index contributed by atoms with van der Waals surface area (Å²) < 4.78 is 1.81. The van der Waals surface area contributed by atoms with Crippen LogP contribution in [0.1, 0.15) is 17.0 Å². The number of nitrogens with zero attached hydrogens (tertiary/aromatic N) is 2. The molecule has 0 aliphatic heterocycles. The van der Waals surface area contributed by atoms with Crippen molar-refractivity contribution in [2.75, 3.05) is 7.05 Å². The molecular weight excluding hydrogens is 252 g/mol. The van der Waals surface area contributed by atoms with E-state index in [4.69, 9.17) is 5.73 Å². The lowest BCUT2D eigenvalue weighted by atomic mass is 9.89. The summed E-state index contributed by atoms with van der Waals surface area (Å²) in [5.74, 6) is -0.418. The van der Waals surface area contributed by atoms with Crippen molar-refractivity contribution in [2.24, 2.45) is 5.73 Å². The van der Waals surface area contributed by atoms with Gasteiger partial charge in [0.1, 0.15) is 5.54 Å². The Hall–Kier alpha value is -2.14. The third kappa shape index (κ3) is 2.44. The molecule has 0 saturated heterocycles. The van der Waals surface area contributed by atoms with Gasteiger partial charge >= 0.3 is 0 Å². The number of amides is 1. The van der Waals surface area contributed by atoms with Gasteiger partial charge in [-0.3, -0.25) is 9.48 Å². The molecule has 2 rings (SSSR count). The Morgan fingerprint density at radius 2 is 2.00 bits per heavy atom. The molecule has 0 radical (unpaired) electrons. The first-order valence-electron chi connectivity index (χ1n) is 6.55. The number of primary amides is 1. The summed E-state index contributed by atoms with van der Waals surface area (Å²) in [7, 11) is 1.74. The Kier molecular flexibility index (Phi) is 3.90. The zero-order valence-electron chi connectivity index (χ0n) is 12.1. The monoisotopic (exact) mass is 272 g/mol. The van der Waals surface area contributed by atoms with Gasteiger partial charge in [0.25, 0.3) is 0 Å². The molecule has 1 aromatic heterocycles. The Balaban J connectivity index is 2.48. The molecule has 1 heterocycles. The maximum absolute atomic E-state index is 12.1. The summed E-state index contributed by atoms with van der Waals surface area (Å²) in [6, 6.07) is 11.5. The number of aromatic nitrogens is 2. The van der Waals surface area contributed by atoms with Crippen LogP contribution in [-0.4, -0.2) is 22.7 Å². The van der Waals surface area contributed by atoms with Crippen LogP contribution in [-0.2, 0) is 16.9 Å². The van der Waals surface area contributed by atoms with Crippen molar-refractivity contribution in [1.82, 2.24) is 15.1 Å². The number of nitrogens with two attached hydrogens (primary N) is 1. The second kappa shape index (κ2) is 5.46. The number of nitrogens with one attached hydrogen (secondary N) is 1. The van der Waals surface area contributed by atoms with Crippen molar-refractivity contribution < 1.29 is 4.79 Å². The van der Waals surface area contributed by atoms with Crippen LogP contribution in [0.2, 0.25) is 0 Å². The second-order valence-electron chi connectivity index (χ2n) is 4.97. The Labute approximate surface area is 118 Å². The van der Waals surface area contributed by atoms with E-state index in [0.717, 1.165) is 17.0 Å². The van der Waals surface area contributed by atoms with Gasteiger partial charge in [-0.15, -0.1) is 0 Å². The molecule has 5 heteroatoms. The highest BCUT2D eigenvalue weighted by Crippen LogP contribution is 2.23. The van der Waals surface area contributed by atoms with Gasteiger partial charge in [-0.1, -0.05) is 30.3 Å². The summed E-state index contributed by atoms with van der Waals surface area (Å²) in [5, 5.41) is 7.50. The number of hydrogen-bond donors (Lipinski definition) is 2. The minimum Gasteiger partial charge on any atom is -0.368 e. The molecule has 1 amide bonds. The van der Waals surface area contributed by atoms with E-state index >= 15 is 0 Å². The quantitative estimate of drug-likeness (QED) is 0.856. The smallest absolute Gasteiger partial charge is 0.244 e. The molecule has 20 heavy (non-hydrogen) atoms. The molecule has 3 N–H and O–H groups in total. The van der Waals surface area contributed by atoms with Crippen molar-refractivity contribution >= 4 is 5.91 Å². The highest BCUT2D eigenvalue weighted by Gasteiger charge is 2.38. The molecule has 106 valence electrons. The van der Waals surface area contributed by atoms with E-state index in [0.29, 0.717) is 6.54 Å². The van der Waals surface area contributed by atoms with Gasteiger partial charge in [0.2, 0.25) is 5.91 Å². The lowest BCUT2D eigenvalue weighted by molar-refractivity contribution is -0.125. The highest BCUT2D eigenvalue weighted by atomic mass is 16.1. The van der Waals surface area contributed by atoms with Crippen molar-refractivity contribution in [2.45, 2.75) is 25.9 Å². The van der Waals surface area contributed by atoms with E-state index in [9.17, 15) is 4.79 Å². The van der Waals surface area contributed by atoms with Gasteiger partial charge in [-0.25, -0.2) is 0 Å². The van der Waals surface area contributed by atoms with Crippen LogP contribution in [0, 0.1) is 13.8 Å². The number of carbonyl (C=O) groups is 1. The number of likely N-dealkylation sites (N-methyl/N-ethyl adjacent to an activating group) is 1. The van der Waals surface area contributed by atoms with Gasteiger partial charge in [-0.2, -0.15) is 5.10 Å². The number of benzene rings is 1. The molecule has 2 aromatic rings. The van der Waals surface area contributed by atoms with Gasteiger partial charge in [0, 0.05) is 5.69 Å². The maximum Gasteiger partial charge on any atom is 0.244 e. The summed E-state index contributed by atoms with van der Waals surface area (Å²) >= 11 is 0. The van der Waals surface area contributed by atoms with Crippen LogP contribution in [0.4, 0.5) is 0 Å². The van der Waals surface area contributed by atoms with Crippen molar-refractivity contribution in [3.05, 3.63) is 53.3 Å². The molecule has 0 bridgehead atoms. The predicted octanol–water partition coefficient (Wildman–Crippen LogP) is 1.10. The lowest BCUT2D eigenvalue weighted by Gasteiger charge is -2.31. The van der Waals surface area contributed by atoms with E-state index in [1.54, 1.807) is 7.05 Å². The van der Waals surface area contributed by atoms with E-state index in [1.165, 1.54) is 0 Å². The van der Waals surface area contributed by atoms with Crippen LogP contribution >= 0.6 is 0 Å². The second-order valence-corrected chi connectivity index (χ2v) is 4.97. The molecule has 5 nitrogen and oxygen atoms in total. The fourth-order valence-corrected chi connectivity index (χ4v) is 2.44. The van der Waals surface area contributed by atoms with Crippen molar-refractivity contribution in [3.8, 4) is 0 Å².